The average molecular weight is 409 g/mol. The number of nitrogens with one attached hydrogen (secondary N) is 1. The van der Waals surface area contributed by atoms with Crippen LogP contribution >= 0.6 is 10.7 Å². The molecule has 148 valence electrons. The zero-order chi connectivity index (χ0) is 19.3. The fraction of sp³-hybridized carbons (Fsp3) is 0.524. The number of rotatable bonds is 4. The Morgan fingerprint density at radius 1 is 1.15 bits per heavy atom. The Balaban J connectivity index is 0.000000376. The van der Waals surface area contributed by atoms with Gasteiger partial charge in [0.1, 0.15) is 0 Å². The van der Waals surface area contributed by atoms with Gasteiger partial charge in [-0.3, -0.25) is 0 Å². The Hall–Kier alpha value is -1.30. The van der Waals surface area contributed by atoms with Crippen LogP contribution in [0.2, 0.25) is 0 Å². The molecular weight excluding hydrogens is 380 g/mol. The predicted molar refractivity (Wildman–Crippen MR) is 115 cm³/mol. The number of H-pyrrole nitrogens is 1. The summed E-state index contributed by atoms with van der Waals surface area (Å²) in [5.41, 5.74) is 5.77. The van der Waals surface area contributed by atoms with Gasteiger partial charge >= 0.3 is 0 Å². The van der Waals surface area contributed by atoms with E-state index in [9.17, 15) is 8.42 Å². The van der Waals surface area contributed by atoms with Gasteiger partial charge in [0.2, 0.25) is 9.05 Å². The molecule has 1 aromatic heterocycles. The lowest BCUT2D eigenvalue weighted by Crippen LogP contribution is -2.21. The molecule has 1 fully saturated rings. The van der Waals surface area contributed by atoms with E-state index in [1.54, 1.807) is 5.57 Å². The minimum Gasteiger partial charge on any atom is -0.361 e. The molecule has 2 heterocycles. The van der Waals surface area contributed by atoms with Gasteiger partial charge in [0.05, 0.1) is 6.26 Å². The largest absolute Gasteiger partial charge is 0.361 e. The number of nitrogens with zero attached hydrogens (tertiary/aromatic N) is 1. The fourth-order valence-corrected chi connectivity index (χ4v) is 3.97. The smallest absolute Gasteiger partial charge is 0.229 e. The maximum absolute atomic E-state index is 9.40. The van der Waals surface area contributed by atoms with Gasteiger partial charge in [-0.25, -0.2) is 8.42 Å². The Kier molecular flexibility index (Phi) is 7.01. The van der Waals surface area contributed by atoms with Crippen molar-refractivity contribution in [1.29, 1.82) is 0 Å². The standard InChI is InChI=1S/C20H26N2.CH3ClO2S/c1-2-6-16(7-3-1)17-8-9-20-19(14-17)18(15-21-20)10-13-22-11-4-5-12-22;1-5(2,3)4/h6,8-9,14-15,21H,1-5,7,10-13H2;1H3. The van der Waals surface area contributed by atoms with Gasteiger partial charge in [0.15, 0.2) is 0 Å². The molecule has 1 aliphatic carbocycles. The highest BCUT2D eigenvalue weighted by Gasteiger charge is 2.13. The van der Waals surface area contributed by atoms with Crippen LogP contribution in [0.1, 0.15) is 49.7 Å². The summed E-state index contributed by atoms with van der Waals surface area (Å²) >= 11 is 0. The minimum atomic E-state index is -3.19. The number of benzene rings is 1. The van der Waals surface area contributed by atoms with E-state index < -0.39 is 9.05 Å². The second-order valence-corrected chi connectivity index (χ2v) is 10.6. The highest BCUT2D eigenvalue weighted by atomic mass is 35.7. The molecule has 2 aromatic rings. The molecule has 0 unspecified atom stereocenters. The van der Waals surface area contributed by atoms with Crippen molar-refractivity contribution in [3.63, 3.8) is 0 Å². The molecule has 0 spiro atoms. The first-order chi connectivity index (χ1) is 12.9. The first kappa shape index (κ1) is 20.4. The summed E-state index contributed by atoms with van der Waals surface area (Å²) in [6.07, 6.45) is 14.7. The van der Waals surface area contributed by atoms with Crippen LogP contribution in [-0.2, 0) is 15.5 Å². The SMILES string of the molecule is C1=C(c2ccc3[nH]cc(CCN4CCCC4)c3c2)CCCC1.CS(=O)(=O)Cl. The van der Waals surface area contributed by atoms with Gasteiger partial charge in [0, 0.05) is 34.3 Å². The normalized spacial score (nSPS) is 18.2. The molecule has 0 saturated carbocycles. The van der Waals surface area contributed by atoms with E-state index in [1.807, 2.05) is 0 Å². The molecule has 1 N–H and O–H groups in total. The molecule has 2 aliphatic rings. The van der Waals surface area contributed by atoms with E-state index in [0.717, 1.165) is 6.26 Å². The summed E-state index contributed by atoms with van der Waals surface area (Å²) in [6, 6.07) is 6.97. The zero-order valence-corrected chi connectivity index (χ0v) is 17.6. The number of likely N-dealkylation sites (tertiary alicyclic amines) is 1. The van der Waals surface area contributed by atoms with Gasteiger partial charge in [-0.2, -0.15) is 0 Å². The average Bonchev–Trinajstić information content (AvgIpc) is 3.28. The van der Waals surface area contributed by atoms with E-state index in [0.29, 0.717) is 0 Å². The number of aromatic nitrogens is 1. The van der Waals surface area contributed by atoms with Crippen molar-refractivity contribution in [2.24, 2.45) is 0 Å². The minimum absolute atomic E-state index is 0.925. The third-order valence-corrected chi connectivity index (χ3v) is 5.33. The number of aromatic amines is 1. The third-order valence-electron chi connectivity index (χ3n) is 5.33. The molecule has 6 heteroatoms. The number of fused-ring (bicyclic) bond motifs is 1. The molecule has 1 aliphatic heterocycles. The fourth-order valence-electron chi connectivity index (χ4n) is 3.97. The maximum Gasteiger partial charge on any atom is 0.229 e. The van der Waals surface area contributed by atoms with Crippen molar-refractivity contribution in [3.8, 4) is 0 Å². The third kappa shape index (κ3) is 6.37. The van der Waals surface area contributed by atoms with E-state index in [-0.39, 0.29) is 0 Å². The lowest BCUT2D eigenvalue weighted by Gasteiger charge is -2.14. The molecule has 0 radical (unpaired) electrons. The molecule has 1 saturated heterocycles. The van der Waals surface area contributed by atoms with Gasteiger partial charge in [0.25, 0.3) is 0 Å². The topological polar surface area (TPSA) is 53.2 Å². The summed E-state index contributed by atoms with van der Waals surface area (Å²) in [7, 11) is 1.31. The summed E-state index contributed by atoms with van der Waals surface area (Å²) in [5, 5.41) is 1.43. The Morgan fingerprint density at radius 3 is 2.56 bits per heavy atom. The van der Waals surface area contributed by atoms with Crippen LogP contribution in [0, 0.1) is 0 Å². The first-order valence-corrected chi connectivity index (χ1v) is 12.5. The van der Waals surface area contributed by atoms with Crippen molar-refractivity contribution in [2.45, 2.75) is 44.9 Å². The summed E-state index contributed by atoms with van der Waals surface area (Å²) in [5.74, 6) is 0. The van der Waals surface area contributed by atoms with Crippen LogP contribution in [0.4, 0.5) is 0 Å². The Labute approximate surface area is 167 Å². The predicted octanol–water partition coefficient (Wildman–Crippen LogP) is 4.95. The molecule has 4 nitrogen and oxygen atoms in total. The van der Waals surface area contributed by atoms with Crippen LogP contribution in [0.5, 0.6) is 0 Å². The van der Waals surface area contributed by atoms with E-state index in [2.05, 4.69) is 51.0 Å². The highest BCUT2D eigenvalue weighted by molar-refractivity contribution is 8.13. The first-order valence-electron chi connectivity index (χ1n) is 9.81. The van der Waals surface area contributed by atoms with Crippen LogP contribution in [0.15, 0.2) is 30.5 Å². The Morgan fingerprint density at radius 2 is 1.89 bits per heavy atom. The highest BCUT2D eigenvalue weighted by Crippen LogP contribution is 2.30. The van der Waals surface area contributed by atoms with Crippen LogP contribution in [0.3, 0.4) is 0 Å². The molecule has 1 aromatic carbocycles. The molecule has 4 rings (SSSR count). The lowest BCUT2D eigenvalue weighted by molar-refractivity contribution is 0.344. The number of allylic oxidation sites excluding steroid dienone is 2. The monoisotopic (exact) mass is 408 g/mol. The summed E-state index contributed by atoms with van der Waals surface area (Å²) < 4.78 is 18.8. The quantitative estimate of drug-likeness (QED) is 0.728. The lowest BCUT2D eigenvalue weighted by atomic mass is 9.92. The number of hydrogen-bond donors (Lipinski definition) is 1. The molecule has 0 amide bonds. The maximum atomic E-state index is 9.40. The van der Waals surface area contributed by atoms with Gasteiger partial charge in [-0.05, 0) is 86.9 Å². The molecular formula is C21H29ClN2O2S. The van der Waals surface area contributed by atoms with Crippen molar-refractivity contribution >= 4 is 36.2 Å². The van der Waals surface area contributed by atoms with Gasteiger partial charge < -0.3 is 9.88 Å². The van der Waals surface area contributed by atoms with E-state index in [4.69, 9.17) is 0 Å². The van der Waals surface area contributed by atoms with Crippen molar-refractivity contribution in [2.75, 3.05) is 25.9 Å². The van der Waals surface area contributed by atoms with Crippen molar-refractivity contribution in [3.05, 3.63) is 41.6 Å². The summed E-state index contributed by atoms with van der Waals surface area (Å²) in [4.78, 5) is 6.06. The zero-order valence-electron chi connectivity index (χ0n) is 16.0. The summed E-state index contributed by atoms with van der Waals surface area (Å²) in [6.45, 7) is 3.79. The molecule has 27 heavy (non-hydrogen) atoms. The van der Waals surface area contributed by atoms with Crippen LogP contribution < -0.4 is 0 Å². The van der Waals surface area contributed by atoms with Crippen LogP contribution in [0.25, 0.3) is 16.5 Å². The van der Waals surface area contributed by atoms with Crippen molar-refractivity contribution < 1.29 is 8.42 Å². The molecule has 0 bridgehead atoms. The second-order valence-electron chi connectivity index (χ2n) is 7.53. The van der Waals surface area contributed by atoms with E-state index in [1.165, 1.54) is 86.6 Å². The molecule has 0 atom stereocenters. The van der Waals surface area contributed by atoms with Gasteiger partial charge in [-0.1, -0.05) is 12.1 Å². The van der Waals surface area contributed by atoms with Gasteiger partial charge in [-0.15, -0.1) is 0 Å². The number of hydrogen-bond acceptors (Lipinski definition) is 3. The second kappa shape index (κ2) is 9.26. The Bertz CT molecular complexity index is 888. The van der Waals surface area contributed by atoms with Crippen LogP contribution in [-0.4, -0.2) is 44.2 Å². The van der Waals surface area contributed by atoms with E-state index >= 15 is 0 Å². The number of halogens is 1. The van der Waals surface area contributed by atoms with Crippen molar-refractivity contribution in [1.82, 2.24) is 9.88 Å².